The molecule has 0 saturated carbocycles. The van der Waals surface area contributed by atoms with Crippen molar-refractivity contribution in [2.75, 3.05) is 18.1 Å². The van der Waals surface area contributed by atoms with Gasteiger partial charge >= 0.3 is 0 Å². The molecule has 0 fully saturated rings. The Morgan fingerprint density at radius 2 is 2.15 bits per heavy atom. The van der Waals surface area contributed by atoms with Crippen LogP contribution in [-0.4, -0.2) is 33.8 Å². The second-order valence-electron chi connectivity index (χ2n) is 5.53. The predicted molar refractivity (Wildman–Crippen MR) is 111 cm³/mol. The van der Waals surface area contributed by atoms with Crippen molar-refractivity contribution in [3.05, 3.63) is 51.2 Å². The fourth-order valence-corrected chi connectivity index (χ4v) is 4.77. The van der Waals surface area contributed by atoms with E-state index in [1.54, 1.807) is 16.2 Å². The molecule has 3 aromatic rings. The first kappa shape index (κ1) is 19.2. The van der Waals surface area contributed by atoms with Crippen LogP contribution in [0.5, 0.6) is 0 Å². The van der Waals surface area contributed by atoms with Crippen LogP contribution in [0.15, 0.2) is 40.1 Å². The zero-order valence-electron chi connectivity index (χ0n) is 14.2. The maximum Gasteiger partial charge on any atom is 0.233 e. The number of aromatic nitrogens is 2. The maximum atomic E-state index is 12.3. The van der Waals surface area contributed by atoms with Crippen LogP contribution in [0.3, 0.4) is 0 Å². The zero-order valence-corrected chi connectivity index (χ0v) is 17.4. The number of thiophene rings is 1. The van der Waals surface area contributed by atoms with Crippen LogP contribution in [-0.2, 0) is 11.3 Å². The topological polar surface area (TPSA) is 58.1 Å². The number of halogens is 1. The van der Waals surface area contributed by atoms with Gasteiger partial charge in [-0.1, -0.05) is 46.8 Å². The third kappa shape index (κ3) is 4.97. The Kier molecular flexibility index (Phi) is 6.53. The van der Waals surface area contributed by atoms with Crippen LogP contribution in [0.1, 0.15) is 10.4 Å². The minimum Gasteiger partial charge on any atom is -0.340 e. The van der Waals surface area contributed by atoms with Crippen molar-refractivity contribution >= 4 is 62.8 Å². The molecule has 3 rings (SSSR count). The molecular weight excluding hydrogens is 408 g/mol. The number of amides is 1. The number of hydrogen-bond acceptors (Lipinski definition) is 7. The molecule has 136 valence electrons. The van der Waals surface area contributed by atoms with Gasteiger partial charge in [0, 0.05) is 22.6 Å². The van der Waals surface area contributed by atoms with Crippen LogP contribution >= 0.6 is 46.0 Å². The lowest BCUT2D eigenvalue weighted by molar-refractivity contribution is -0.127. The molecule has 1 amide bonds. The van der Waals surface area contributed by atoms with Gasteiger partial charge in [-0.05, 0) is 36.1 Å². The third-order valence-electron chi connectivity index (χ3n) is 3.63. The van der Waals surface area contributed by atoms with E-state index >= 15 is 0 Å². The molecule has 0 atom stereocenters. The van der Waals surface area contributed by atoms with E-state index in [9.17, 15) is 4.79 Å². The summed E-state index contributed by atoms with van der Waals surface area (Å²) in [7, 11) is 1.82. The van der Waals surface area contributed by atoms with E-state index < -0.39 is 0 Å². The fraction of sp³-hybridized carbons (Fsp3) is 0.235. The molecule has 1 N–H and O–H groups in total. The fourth-order valence-electron chi connectivity index (χ4n) is 2.13. The normalized spacial score (nSPS) is 10.7. The number of carbonyl (C=O) groups is 1. The Hall–Kier alpha value is -1.61. The highest BCUT2D eigenvalue weighted by Gasteiger charge is 2.13. The second-order valence-corrected chi connectivity index (χ2v) is 9.17. The van der Waals surface area contributed by atoms with Gasteiger partial charge < -0.3 is 10.2 Å². The number of nitrogens with zero attached hydrogens (tertiary/aromatic N) is 3. The molecule has 0 aliphatic rings. The lowest BCUT2D eigenvalue weighted by atomic mass is 10.2. The van der Waals surface area contributed by atoms with Gasteiger partial charge in [0.1, 0.15) is 0 Å². The average Bonchev–Trinajstić information content (AvgIpc) is 3.29. The number of anilines is 2. The van der Waals surface area contributed by atoms with Gasteiger partial charge in [0.25, 0.3) is 0 Å². The summed E-state index contributed by atoms with van der Waals surface area (Å²) in [5, 5.41) is 14.9. The Balaban J connectivity index is 1.53. The summed E-state index contributed by atoms with van der Waals surface area (Å²) >= 11 is 10.6. The number of nitrogens with one attached hydrogen (secondary N) is 1. The van der Waals surface area contributed by atoms with Crippen LogP contribution in [0.4, 0.5) is 10.8 Å². The van der Waals surface area contributed by atoms with Crippen molar-refractivity contribution in [2.45, 2.75) is 17.8 Å². The summed E-state index contributed by atoms with van der Waals surface area (Å²) in [5.74, 6) is 0.408. The van der Waals surface area contributed by atoms with Crippen molar-refractivity contribution in [3.8, 4) is 0 Å². The Morgan fingerprint density at radius 3 is 2.92 bits per heavy atom. The highest BCUT2D eigenvalue weighted by Crippen LogP contribution is 2.30. The SMILES string of the molecule is Cc1c(Cl)cccc1Nc1nnc(SCC(=O)N(C)Cc2cccs2)s1. The van der Waals surface area contributed by atoms with Gasteiger partial charge in [0.2, 0.25) is 11.0 Å². The molecule has 2 heterocycles. The van der Waals surface area contributed by atoms with Gasteiger partial charge in [-0.15, -0.1) is 21.5 Å². The molecule has 26 heavy (non-hydrogen) atoms. The summed E-state index contributed by atoms with van der Waals surface area (Å²) in [6.07, 6.45) is 0. The lowest BCUT2D eigenvalue weighted by Gasteiger charge is -2.15. The molecule has 2 aromatic heterocycles. The number of carbonyl (C=O) groups excluding carboxylic acids is 1. The monoisotopic (exact) mass is 424 g/mol. The van der Waals surface area contributed by atoms with Gasteiger partial charge in [-0.2, -0.15) is 0 Å². The zero-order chi connectivity index (χ0) is 18.5. The van der Waals surface area contributed by atoms with Crippen LogP contribution in [0, 0.1) is 6.92 Å². The van der Waals surface area contributed by atoms with Crippen LogP contribution in [0.2, 0.25) is 5.02 Å². The van der Waals surface area contributed by atoms with E-state index in [4.69, 9.17) is 11.6 Å². The highest BCUT2D eigenvalue weighted by molar-refractivity contribution is 8.01. The van der Waals surface area contributed by atoms with E-state index in [2.05, 4.69) is 15.5 Å². The molecule has 5 nitrogen and oxygen atoms in total. The standard InChI is InChI=1S/C17H17ClN4OS3/c1-11-13(18)6-3-7-14(11)19-16-20-21-17(26-16)25-10-15(23)22(2)9-12-5-4-8-24-12/h3-8H,9-10H2,1-2H3,(H,19,20). The molecule has 0 unspecified atom stereocenters. The first-order valence-electron chi connectivity index (χ1n) is 7.77. The Bertz CT molecular complexity index is 882. The largest absolute Gasteiger partial charge is 0.340 e. The van der Waals surface area contributed by atoms with Crippen molar-refractivity contribution in [1.82, 2.24) is 15.1 Å². The van der Waals surface area contributed by atoms with E-state index in [0.29, 0.717) is 22.5 Å². The van der Waals surface area contributed by atoms with E-state index in [-0.39, 0.29) is 5.91 Å². The molecule has 0 aliphatic carbocycles. The molecule has 1 aromatic carbocycles. The lowest BCUT2D eigenvalue weighted by Crippen LogP contribution is -2.27. The minimum absolute atomic E-state index is 0.0683. The van der Waals surface area contributed by atoms with Crippen molar-refractivity contribution < 1.29 is 4.79 Å². The van der Waals surface area contributed by atoms with E-state index in [0.717, 1.165) is 15.6 Å². The maximum absolute atomic E-state index is 12.3. The number of thioether (sulfide) groups is 1. The Labute approximate surface area is 169 Å². The summed E-state index contributed by atoms with van der Waals surface area (Å²) < 4.78 is 0.755. The van der Waals surface area contributed by atoms with E-state index in [1.165, 1.54) is 28.0 Å². The van der Waals surface area contributed by atoms with Crippen LogP contribution in [0.25, 0.3) is 0 Å². The van der Waals surface area contributed by atoms with Crippen molar-refractivity contribution in [3.63, 3.8) is 0 Å². The summed E-state index contributed by atoms with van der Waals surface area (Å²) in [5.41, 5.74) is 1.86. The molecular formula is C17H17ClN4OS3. The highest BCUT2D eigenvalue weighted by atomic mass is 35.5. The molecule has 0 aliphatic heterocycles. The minimum atomic E-state index is 0.0683. The van der Waals surface area contributed by atoms with Gasteiger partial charge in [-0.3, -0.25) is 4.79 Å². The number of benzene rings is 1. The smallest absolute Gasteiger partial charge is 0.233 e. The van der Waals surface area contributed by atoms with Crippen LogP contribution < -0.4 is 5.32 Å². The predicted octanol–water partition coefficient (Wildman–Crippen LogP) is 5.06. The number of rotatable bonds is 7. The first-order chi connectivity index (χ1) is 12.5. The summed E-state index contributed by atoms with van der Waals surface area (Å²) in [6, 6.07) is 9.70. The second kappa shape index (κ2) is 8.85. The summed E-state index contributed by atoms with van der Waals surface area (Å²) in [6.45, 7) is 2.58. The van der Waals surface area contributed by atoms with Gasteiger partial charge in [-0.25, -0.2) is 0 Å². The average molecular weight is 425 g/mol. The molecule has 9 heteroatoms. The third-order valence-corrected chi connectivity index (χ3v) is 6.86. The first-order valence-corrected chi connectivity index (χ1v) is 10.8. The molecule has 0 bridgehead atoms. The van der Waals surface area contributed by atoms with Gasteiger partial charge in [0.05, 0.1) is 12.3 Å². The van der Waals surface area contributed by atoms with Crippen molar-refractivity contribution in [1.29, 1.82) is 0 Å². The quantitative estimate of drug-likeness (QED) is 0.537. The molecule has 0 saturated heterocycles. The summed E-state index contributed by atoms with van der Waals surface area (Å²) in [4.78, 5) is 15.2. The number of hydrogen-bond donors (Lipinski definition) is 1. The molecule has 0 spiro atoms. The van der Waals surface area contributed by atoms with E-state index in [1.807, 2.05) is 49.7 Å². The Morgan fingerprint density at radius 1 is 1.31 bits per heavy atom. The van der Waals surface area contributed by atoms with Gasteiger partial charge in [0.15, 0.2) is 4.34 Å². The van der Waals surface area contributed by atoms with Crippen molar-refractivity contribution in [2.24, 2.45) is 0 Å². The molecule has 0 radical (unpaired) electrons.